The molecular formula is C16H26ClN3. The van der Waals surface area contributed by atoms with Crippen LogP contribution in [0.5, 0.6) is 0 Å². The van der Waals surface area contributed by atoms with Gasteiger partial charge in [-0.3, -0.25) is 4.90 Å². The summed E-state index contributed by atoms with van der Waals surface area (Å²) >= 11 is 6.21. The van der Waals surface area contributed by atoms with E-state index in [1.165, 1.54) is 19.3 Å². The summed E-state index contributed by atoms with van der Waals surface area (Å²) in [6.45, 7) is 10.1. The molecule has 1 unspecified atom stereocenters. The molecule has 112 valence electrons. The van der Waals surface area contributed by atoms with E-state index in [0.29, 0.717) is 11.2 Å². The van der Waals surface area contributed by atoms with Gasteiger partial charge in [-0.05, 0) is 55.8 Å². The number of nitrogens with zero attached hydrogens (tertiary/aromatic N) is 2. The first-order valence-corrected chi connectivity index (χ1v) is 7.87. The first-order valence-electron chi connectivity index (χ1n) is 7.49. The third-order valence-corrected chi connectivity index (χ3v) is 4.70. The molecule has 1 aromatic heterocycles. The van der Waals surface area contributed by atoms with Gasteiger partial charge < -0.3 is 5.73 Å². The minimum absolute atomic E-state index is 0.406. The molecule has 0 amide bonds. The van der Waals surface area contributed by atoms with Crippen molar-refractivity contribution in [3.63, 3.8) is 0 Å². The van der Waals surface area contributed by atoms with E-state index in [9.17, 15) is 0 Å². The molecule has 4 heteroatoms. The van der Waals surface area contributed by atoms with E-state index in [1.54, 1.807) is 6.07 Å². The number of nitrogens with two attached hydrogens (primary N) is 1. The lowest BCUT2D eigenvalue weighted by Crippen LogP contribution is -2.26. The molecule has 1 aliphatic rings. The summed E-state index contributed by atoms with van der Waals surface area (Å²) in [5.74, 6) is 1.35. The highest BCUT2D eigenvalue weighted by molar-refractivity contribution is 6.31. The standard InChI is InChI=1S/C16H26ClN3/c1-16(2,3)12-5-4-9-20(10-8-12)11-14-13(17)6-7-15(18)19-14/h6-7,12H,4-5,8-11H2,1-3H3,(H2,18,19). The molecule has 1 atom stereocenters. The van der Waals surface area contributed by atoms with Crippen LogP contribution < -0.4 is 5.73 Å². The number of nitrogen functional groups attached to an aromatic ring is 1. The van der Waals surface area contributed by atoms with E-state index in [0.717, 1.165) is 36.3 Å². The van der Waals surface area contributed by atoms with E-state index < -0.39 is 0 Å². The molecule has 1 aromatic rings. The van der Waals surface area contributed by atoms with Crippen LogP contribution in [0.3, 0.4) is 0 Å². The molecule has 0 aromatic carbocycles. The fourth-order valence-electron chi connectivity index (χ4n) is 3.00. The third kappa shape index (κ3) is 4.10. The smallest absolute Gasteiger partial charge is 0.123 e. The molecular weight excluding hydrogens is 270 g/mol. The molecule has 0 aliphatic carbocycles. The van der Waals surface area contributed by atoms with Gasteiger partial charge in [0.15, 0.2) is 0 Å². The maximum absolute atomic E-state index is 6.21. The SMILES string of the molecule is CC(C)(C)C1CCCN(Cc2nc(N)ccc2Cl)CC1. The first kappa shape index (κ1) is 15.6. The van der Waals surface area contributed by atoms with Gasteiger partial charge in [0.05, 0.1) is 10.7 Å². The van der Waals surface area contributed by atoms with Crippen molar-refractivity contribution >= 4 is 17.4 Å². The van der Waals surface area contributed by atoms with Gasteiger partial charge in [0.25, 0.3) is 0 Å². The number of hydrogen-bond acceptors (Lipinski definition) is 3. The summed E-state index contributed by atoms with van der Waals surface area (Å²) < 4.78 is 0. The Hall–Kier alpha value is -0.800. The van der Waals surface area contributed by atoms with E-state index in [4.69, 9.17) is 17.3 Å². The Kier molecular flexibility index (Phi) is 4.92. The monoisotopic (exact) mass is 295 g/mol. The van der Waals surface area contributed by atoms with E-state index in [1.807, 2.05) is 6.07 Å². The Balaban J connectivity index is 1.99. The second kappa shape index (κ2) is 6.31. The van der Waals surface area contributed by atoms with Crippen LogP contribution in [-0.2, 0) is 6.54 Å². The van der Waals surface area contributed by atoms with Crippen LogP contribution in [0.4, 0.5) is 5.82 Å². The molecule has 3 nitrogen and oxygen atoms in total. The lowest BCUT2D eigenvalue weighted by molar-refractivity contribution is 0.206. The Morgan fingerprint density at radius 3 is 2.75 bits per heavy atom. The van der Waals surface area contributed by atoms with Crippen molar-refractivity contribution in [1.29, 1.82) is 0 Å². The number of hydrogen-bond donors (Lipinski definition) is 1. The van der Waals surface area contributed by atoms with Gasteiger partial charge >= 0.3 is 0 Å². The van der Waals surface area contributed by atoms with Crippen molar-refractivity contribution in [2.45, 2.75) is 46.6 Å². The molecule has 1 aliphatic heterocycles. The van der Waals surface area contributed by atoms with Crippen molar-refractivity contribution in [3.8, 4) is 0 Å². The number of aromatic nitrogens is 1. The van der Waals surface area contributed by atoms with Crippen molar-refractivity contribution in [3.05, 3.63) is 22.8 Å². The van der Waals surface area contributed by atoms with Crippen LogP contribution >= 0.6 is 11.6 Å². The average Bonchev–Trinajstić information content (AvgIpc) is 2.59. The van der Waals surface area contributed by atoms with Gasteiger partial charge in [0.2, 0.25) is 0 Å². The van der Waals surface area contributed by atoms with Gasteiger partial charge in [-0.25, -0.2) is 4.98 Å². The largest absolute Gasteiger partial charge is 0.384 e. The summed E-state index contributed by atoms with van der Waals surface area (Å²) in [6, 6.07) is 3.60. The lowest BCUT2D eigenvalue weighted by Gasteiger charge is -2.29. The van der Waals surface area contributed by atoms with E-state index >= 15 is 0 Å². The van der Waals surface area contributed by atoms with Crippen LogP contribution in [0.15, 0.2) is 12.1 Å². The summed E-state index contributed by atoms with van der Waals surface area (Å²) in [4.78, 5) is 6.83. The van der Waals surface area contributed by atoms with Crippen LogP contribution in [0.1, 0.15) is 45.7 Å². The summed E-state index contributed by atoms with van der Waals surface area (Å²) in [7, 11) is 0. The second-order valence-corrected chi connectivity index (χ2v) is 7.34. The minimum Gasteiger partial charge on any atom is -0.384 e. The van der Waals surface area contributed by atoms with Crippen LogP contribution in [0.25, 0.3) is 0 Å². The Morgan fingerprint density at radius 1 is 1.30 bits per heavy atom. The van der Waals surface area contributed by atoms with Crippen LogP contribution in [0, 0.1) is 11.3 Å². The zero-order chi connectivity index (χ0) is 14.8. The molecule has 0 radical (unpaired) electrons. The Bertz CT molecular complexity index is 454. The first-order chi connectivity index (χ1) is 9.36. The lowest BCUT2D eigenvalue weighted by atomic mass is 9.77. The molecule has 0 bridgehead atoms. The molecule has 2 N–H and O–H groups in total. The highest BCUT2D eigenvalue weighted by Gasteiger charge is 2.27. The topological polar surface area (TPSA) is 42.2 Å². The third-order valence-electron chi connectivity index (χ3n) is 4.36. The predicted molar refractivity (Wildman–Crippen MR) is 85.7 cm³/mol. The molecule has 0 spiro atoms. The van der Waals surface area contributed by atoms with Gasteiger partial charge in [0.1, 0.15) is 5.82 Å². The number of pyridine rings is 1. The molecule has 1 saturated heterocycles. The highest BCUT2D eigenvalue weighted by atomic mass is 35.5. The van der Waals surface area contributed by atoms with Crippen molar-refractivity contribution in [1.82, 2.24) is 9.88 Å². The van der Waals surface area contributed by atoms with E-state index in [-0.39, 0.29) is 0 Å². The van der Waals surface area contributed by atoms with Crippen molar-refractivity contribution in [2.75, 3.05) is 18.8 Å². The van der Waals surface area contributed by atoms with Crippen molar-refractivity contribution in [2.24, 2.45) is 11.3 Å². The predicted octanol–water partition coefficient (Wildman–Crippen LogP) is 3.97. The fourth-order valence-corrected chi connectivity index (χ4v) is 3.17. The quantitative estimate of drug-likeness (QED) is 0.898. The molecule has 20 heavy (non-hydrogen) atoms. The maximum Gasteiger partial charge on any atom is 0.123 e. The van der Waals surface area contributed by atoms with Crippen LogP contribution in [0.2, 0.25) is 5.02 Å². The maximum atomic E-state index is 6.21. The van der Waals surface area contributed by atoms with Gasteiger partial charge in [-0.15, -0.1) is 0 Å². The zero-order valence-corrected chi connectivity index (χ0v) is 13.6. The number of likely N-dealkylation sites (tertiary alicyclic amines) is 1. The van der Waals surface area contributed by atoms with Crippen molar-refractivity contribution < 1.29 is 0 Å². The normalized spacial score (nSPS) is 21.7. The van der Waals surface area contributed by atoms with Crippen LogP contribution in [-0.4, -0.2) is 23.0 Å². The van der Waals surface area contributed by atoms with E-state index in [2.05, 4.69) is 30.7 Å². The summed E-state index contributed by atoms with van der Waals surface area (Å²) in [6.07, 6.45) is 3.82. The highest BCUT2D eigenvalue weighted by Crippen LogP contribution is 2.34. The summed E-state index contributed by atoms with van der Waals surface area (Å²) in [5, 5.41) is 0.718. The average molecular weight is 296 g/mol. The number of rotatable bonds is 2. The fraction of sp³-hybridized carbons (Fsp3) is 0.688. The second-order valence-electron chi connectivity index (χ2n) is 6.93. The number of anilines is 1. The summed E-state index contributed by atoms with van der Waals surface area (Å²) in [5.41, 5.74) is 7.06. The van der Waals surface area contributed by atoms with Gasteiger partial charge in [-0.1, -0.05) is 32.4 Å². The Labute approximate surface area is 127 Å². The molecule has 0 saturated carbocycles. The molecule has 1 fully saturated rings. The zero-order valence-electron chi connectivity index (χ0n) is 12.8. The molecule has 2 rings (SSSR count). The van der Waals surface area contributed by atoms with Gasteiger partial charge in [-0.2, -0.15) is 0 Å². The van der Waals surface area contributed by atoms with Gasteiger partial charge in [0, 0.05) is 6.54 Å². The number of halogens is 1. The Morgan fingerprint density at radius 2 is 2.05 bits per heavy atom. The minimum atomic E-state index is 0.406. The molecule has 2 heterocycles.